The van der Waals surface area contributed by atoms with Crippen molar-refractivity contribution >= 4 is 5.69 Å². The van der Waals surface area contributed by atoms with Gasteiger partial charge in [0.1, 0.15) is 5.75 Å². The van der Waals surface area contributed by atoms with Gasteiger partial charge in [-0.15, -0.1) is 0 Å². The Morgan fingerprint density at radius 1 is 1.29 bits per heavy atom. The smallest absolute Gasteiger partial charge is 0.142 e. The molecule has 0 aromatic heterocycles. The lowest BCUT2D eigenvalue weighted by molar-refractivity contribution is 0.0367. The van der Waals surface area contributed by atoms with Gasteiger partial charge in [0, 0.05) is 13.0 Å². The summed E-state index contributed by atoms with van der Waals surface area (Å²) in [6, 6.07) is 7.52. The topological polar surface area (TPSA) is 53.7 Å². The van der Waals surface area contributed by atoms with E-state index in [-0.39, 0.29) is 6.10 Å². The van der Waals surface area contributed by atoms with E-state index >= 15 is 0 Å². The van der Waals surface area contributed by atoms with Crippen molar-refractivity contribution in [3.05, 3.63) is 24.3 Å². The molecule has 4 heteroatoms. The fraction of sp³-hybridized carbons (Fsp3) is 0.538. The van der Waals surface area contributed by atoms with Crippen molar-refractivity contribution in [2.75, 3.05) is 32.2 Å². The molecular formula is C13H19NO3. The molecule has 2 N–H and O–H groups in total. The summed E-state index contributed by atoms with van der Waals surface area (Å²) in [5.41, 5.74) is 6.44. The number of anilines is 1. The van der Waals surface area contributed by atoms with Crippen molar-refractivity contribution in [1.82, 2.24) is 0 Å². The van der Waals surface area contributed by atoms with E-state index in [4.69, 9.17) is 19.9 Å². The zero-order valence-electron chi connectivity index (χ0n) is 9.93. The van der Waals surface area contributed by atoms with Crippen LogP contribution in [0, 0.1) is 0 Å². The van der Waals surface area contributed by atoms with Gasteiger partial charge in [-0.2, -0.15) is 0 Å². The number of ether oxygens (including phenoxy) is 3. The minimum Gasteiger partial charge on any atom is -0.491 e. The zero-order chi connectivity index (χ0) is 11.9. The predicted octanol–water partition coefficient (Wildman–Crippen LogP) is 1.84. The number of hydrogen-bond donors (Lipinski definition) is 1. The maximum absolute atomic E-state index is 5.76. The molecule has 1 atom stereocenters. The van der Waals surface area contributed by atoms with Crippen LogP contribution in [0.25, 0.3) is 0 Å². The summed E-state index contributed by atoms with van der Waals surface area (Å²) in [5.74, 6) is 0.747. The average Bonchev–Trinajstić information content (AvgIpc) is 2.84. The van der Waals surface area contributed by atoms with Crippen LogP contribution in [-0.2, 0) is 9.47 Å². The highest BCUT2D eigenvalue weighted by Crippen LogP contribution is 2.19. The molecule has 0 amide bonds. The highest BCUT2D eigenvalue weighted by molar-refractivity contribution is 5.51. The van der Waals surface area contributed by atoms with Crippen molar-refractivity contribution in [3.8, 4) is 5.75 Å². The van der Waals surface area contributed by atoms with Crippen LogP contribution in [0.4, 0.5) is 5.69 Å². The normalized spacial score (nSPS) is 19.4. The van der Waals surface area contributed by atoms with E-state index in [1.807, 2.05) is 24.3 Å². The molecule has 1 unspecified atom stereocenters. The Morgan fingerprint density at radius 2 is 2.18 bits per heavy atom. The molecule has 4 nitrogen and oxygen atoms in total. The second-order valence-corrected chi connectivity index (χ2v) is 4.10. The number of para-hydroxylation sites is 2. The second-order valence-electron chi connectivity index (χ2n) is 4.10. The molecule has 1 aliphatic rings. The highest BCUT2D eigenvalue weighted by Gasteiger charge is 2.15. The Labute approximate surface area is 102 Å². The molecule has 1 aromatic carbocycles. The van der Waals surface area contributed by atoms with Crippen LogP contribution in [0.3, 0.4) is 0 Å². The Morgan fingerprint density at radius 3 is 2.94 bits per heavy atom. The summed E-state index contributed by atoms with van der Waals surface area (Å²) >= 11 is 0. The van der Waals surface area contributed by atoms with Crippen LogP contribution in [0.15, 0.2) is 24.3 Å². The lowest BCUT2D eigenvalue weighted by atomic mass is 10.3. The molecular weight excluding hydrogens is 218 g/mol. The van der Waals surface area contributed by atoms with Crippen molar-refractivity contribution in [2.24, 2.45) is 0 Å². The predicted molar refractivity (Wildman–Crippen MR) is 66.1 cm³/mol. The first-order valence-electron chi connectivity index (χ1n) is 6.03. The average molecular weight is 237 g/mol. The molecule has 1 heterocycles. The fourth-order valence-corrected chi connectivity index (χ4v) is 1.75. The van der Waals surface area contributed by atoms with Gasteiger partial charge in [0.05, 0.1) is 31.6 Å². The Kier molecular flexibility index (Phi) is 4.64. The molecule has 1 saturated heterocycles. The summed E-state index contributed by atoms with van der Waals surface area (Å²) < 4.78 is 16.4. The van der Waals surface area contributed by atoms with Crippen molar-refractivity contribution in [1.29, 1.82) is 0 Å². The first-order valence-corrected chi connectivity index (χ1v) is 6.03. The van der Waals surface area contributed by atoms with Crippen LogP contribution in [0.2, 0.25) is 0 Å². The van der Waals surface area contributed by atoms with Crippen molar-refractivity contribution in [2.45, 2.75) is 18.9 Å². The molecule has 0 bridgehead atoms. The summed E-state index contributed by atoms with van der Waals surface area (Å²) in [4.78, 5) is 0. The van der Waals surface area contributed by atoms with Gasteiger partial charge in [-0.25, -0.2) is 0 Å². The summed E-state index contributed by atoms with van der Waals surface area (Å²) in [7, 11) is 0. The molecule has 1 aliphatic heterocycles. The largest absolute Gasteiger partial charge is 0.491 e. The van der Waals surface area contributed by atoms with E-state index in [1.165, 1.54) is 0 Å². The van der Waals surface area contributed by atoms with Gasteiger partial charge in [-0.1, -0.05) is 12.1 Å². The first kappa shape index (κ1) is 12.2. The number of nitrogen functional groups attached to an aromatic ring is 1. The van der Waals surface area contributed by atoms with Gasteiger partial charge in [-0.05, 0) is 18.6 Å². The van der Waals surface area contributed by atoms with Crippen molar-refractivity contribution < 1.29 is 14.2 Å². The molecule has 0 spiro atoms. The second kappa shape index (κ2) is 6.47. The lowest BCUT2D eigenvalue weighted by Crippen LogP contribution is -2.14. The van der Waals surface area contributed by atoms with E-state index in [0.29, 0.717) is 18.9 Å². The number of hydrogen-bond acceptors (Lipinski definition) is 4. The Bertz CT molecular complexity index is 337. The van der Waals surface area contributed by atoms with Crippen LogP contribution in [-0.4, -0.2) is 32.5 Å². The van der Waals surface area contributed by atoms with Crippen molar-refractivity contribution in [3.63, 3.8) is 0 Å². The molecule has 94 valence electrons. The van der Waals surface area contributed by atoms with Gasteiger partial charge in [0.2, 0.25) is 0 Å². The maximum Gasteiger partial charge on any atom is 0.142 e. The third-order valence-electron chi connectivity index (χ3n) is 2.71. The summed E-state index contributed by atoms with van der Waals surface area (Å²) in [6.07, 6.45) is 2.15. The zero-order valence-corrected chi connectivity index (χ0v) is 9.93. The molecule has 0 aliphatic carbocycles. The van der Waals surface area contributed by atoms with Crippen LogP contribution in [0.5, 0.6) is 5.75 Å². The van der Waals surface area contributed by atoms with E-state index in [0.717, 1.165) is 31.8 Å². The number of nitrogens with two attached hydrogens (primary N) is 1. The monoisotopic (exact) mass is 237 g/mol. The van der Waals surface area contributed by atoms with Gasteiger partial charge in [-0.3, -0.25) is 0 Å². The highest BCUT2D eigenvalue weighted by atomic mass is 16.5. The molecule has 2 rings (SSSR count). The standard InChI is InChI=1S/C13H19NO3/c14-12-4-1-2-5-13(12)17-8-3-7-16-11-6-9-15-10-11/h1-2,4-5,11H,3,6-10,14H2. The van der Waals surface area contributed by atoms with Crippen LogP contribution >= 0.6 is 0 Å². The first-order chi connectivity index (χ1) is 8.36. The lowest BCUT2D eigenvalue weighted by Gasteiger charge is -2.11. The molecule has 17 heavy (non-hydrogen) atoms. The Balaban J connectivity index is 1.58. The van der Waals surface area contributed by atoms with Gasteiger partial charge >= 0.3 is 0 Å². The van der Waals surface area contributed by atoms with Crippen LogP contribution in [0.1, 0.15) is 12.8 Å². The SMILES string of the molecule is Nc1ccccc1OCCCOC1CCOC1. The molecule has 1 fully saturated rings. The number of benzene rings is 1. The minimum atomic E-state index is 0.275. The quantitative estimate of drug-likeness (QED) is 0.606. The molecule has 1 aromatic rings. The van der Waals surface area contributed by atoms with Crippen LogP contribution < -0.4 is 10.5 Å². The van der Waals surface area contributed by atoms with E-state index in [2.05, 4.69) is 0 Å². The molecule has 0 saturated carbocycles. The Hall–Kier alpha value is -1.26. The number of rotatable bonds is 6. The van der Waals surface area contributed by atoms with E-state index in [1.54, 1.807) is 0 Å². The van der Waals surface area contributed by atoms with Gasteiger partial charge < -0.3 is 19.9 Å². The van der Waals surface area contributed by atoms with Gasteiger partial charge in [0.25, 0.3) is 0 Å². The summed E-state index contributed by atoms with van der Waals surface area (Å²) in [5, 5.41) is 0. The third-order valence-corrected chi connectivity index (χ3v) is 2.71. The minimum absolute atomic E-state index is 0.275. The maximum atomic E-state index is 5.76. The third kappa shape index (κ3) is 3.91. The molecule has 0 radical (unpaired) electrons. The van der Waals surface area contributed by atoms with E-state index < -0.39 is 0 Å². The van der Waals surface area contributed by atoms with E-state index in [9.17, 15) is 0 Å². The fourth-order valence-electron chi connectivity index (χ4n) is 1.75. The van der Waals surface area contributed by atoms with Gasteiger partial charge in [0.15, 0.2) is 0 Å². The summed E-state index contributed by atoms with van der Waals surface area (Å²) in [6.45, 7) is 2.89.